The van der Waals surface area contributed by atoms with Crippen molar-refractivity contribution in [2.45, 2.75) is 11.8 Å². The van der Waals surface area contributed by atoms with E-state index in [0.717, 1.165) is 6.07 Å². The smallest absolute Gasteiger partial charge is 0.270 e. The van der Waals surface area contributed by atoms with Crippen molar-refractivity contribution >= 4 is 44.7 Å². The number of hydrogen-bond donors (Lipinski definition) is 0. The van der Waals surface area contributed by atoms with Gasteiger partial charge in [0.25, 0.3) is 5.69 Å². The number of hydrogen-bond acceptors (Lipinski definition) is 7. The lowest BCUT2D eigenvalue weighted by Gasteiger charge is -2.34. The summed E-state index contributed by atoms with van der Waals surface area (Å²) in [5.74, 6) is 0.618. The molecule has 0 spiro atoms. The van der Waals surface area contributed by atoms with Crippen molar-refractivity contribution in [2.75, 3.05) is 31.1 Å². The summed E-state index contributed by atoms with van der Waals surface area (Å²) >= 11 is 12.2. The van der Waals surface area contributed by atoms with Crippen LogP contribution in [0.5, 0.6) is 0 Å². The number of rotatable bonds is 5. The van der Waals surface area contributed by atoms with E-state index < -0.39 is 14.9 Å². The molecule has 3 aromatic rings. The van der Waals surface area contributed by atoms with Gasteiger partial charge in [-0.05, 0) is 42.8 Å². The Kier molecular flexibility index (Phi) is 6.53. The summed E-state index contributed by atoms with van der Waals surface area (Å²) in [7, 11) is -3.86. The molecule has 0 amide bonds. The van der Waals surface area contributed by atoms with Crippen LogP contribution in [0.15, 0.2) is 53.4 Å². The molecule has 0 atom stereocenters. The molecular formula is C21H19Cl2N5O4S. The highest BCUT2D eigenvalue weighted by molar-refractivity contribution is 7.89. The standard InChI is InChI=1S/C21H19Cl2N5O4S/c1-14-2-4-16(28(29)30)13-20(14)33(31,32)27-10-8-26(9-11-27)21-7-6-19(24-25-21)17-5-3-15(22)12-18(17)23/h2-7,12-13H,8-11H2,1H3. The molecule has 1 aliphatic heterocycles. The highest BCUT2D eigenvalue weighted by Crippen LogP contribution is 2.30. The number of halogens is 2. The molecule has 0 unspecified atom stereocenters. The lowest BCUT2D eigenvalue weighted by molar-refractivity contribution is -0.385. The van der Waals surface area contributed by atoms with E-state index in [9.17, 15) is 18.5 Å². The van der Waals surface area contributed by atoms with Gasteiger partial charge in [-0.3, -0.25) is 10.1 Å². The summed E-state index contributed by atoms with van der Waals surface area (Å²) in [4.78, 5) is 12.4. The maximum Gasteiger partial charge on any atom is 0.270 e. The molecule has 33 heavy (non-hydrogen) atoms. The minimum Gasteiger partial charge on any atom is -0.352 e. The molecule has 1 fully saturated rings. The van der Waals surface area contributed by atoms with E-state index in [4.69, 9.17) is 23.2 Å². The summed E-state index contributed by atoms with van der Waals surface area (Å²) in [6.45, 7) is 2.87. The molecular weight excluding hydrogens is 489 g/mol. The number of non-ortho nitro benzene ring substituents is 1. The third kappa shape index (κ3) is 4.79. The topological polar surface area (TPSA) is 110 Å². The molecule has 0 N–H and O–H groups in total. The monoisotopic (exact) mass is 507 g/mol. The van der Waals surface area contributed by atoms with Crippen molar-refractivity contribution in [2.24, 2.45) is 0 Å². The third-order valence-electron chi connectivity index (χ3n) is 5.42. The zero-order valence-corrected chi connectivity index (χ0v) is 19.8. The maximum absolute atomic E-state index is 13.1. The average molecular weight is 508 g/mol. The largest absolute Gasteiger partial charge is 0.352 e. The molecule has 1 aromatic heterocycles. The number of anilines is 1. The van der Waals surface area contributed by atoms with Gasteiger partial charge in [-0.15, -0.1) is 10.2 Å². The van der Waals surface area contributed by atoms with Gasteiger partial charge >= 0.3 is 0 Å². The molecule has 2 heterocycles. The van der Waals surface area contributed by atoms with E-state index in [1.165, 1.54) is 16.4 Å². The molecule has 172 valence electrons. The van der Waals surface area contributed by atoms with Gasteiger partial charge in [0.05, 0.1) is 20.5 Å². The Balaban J connectivity index is 1.48. The van der Waals surface area contributed by atoms with Gasteiger partial charge in [0, 0.05) is 48.9 Å². The van der Waals surface area contributed by atoms with Crippen LogP contribution in [-0.2, 0) is 10.0 Å². The van der Waals surface area contributed by atoms with Crippen LogP contribution < -0.4 is 4.90 Å². The average Bonchev–Trinajstić information content (AvgIpc) is 2.79. The summed E-state index contributed by atoms with van der Waals surface area (Å²) < 4.78 is 27.6. The van der Waals surface area contributed by atoms with Crippen LogP contribution in [0.1, 0.15) is 5.56 Å². The van der Waals surface area contributed by atoms with Gasteiger partial charge in [-0.2, -0.15) is 4.31 Å². The Hall–Kier alpha value is -2.79. The van der Waals surface area contributed by atoms with E-state index in [1.807, 2.05) is 11.0 Å². The molecule has 4 rings (SSSR count). The van der Waals surface area contributed by atoms with Crippen molar-refractivity contribution in [3.63, 3.8) is 0 Å². The van der Waals surface area contributed by atoms with Gasteiger partial charge in [0.1, 0.15) is 0 Å². The second kappa shape index (κ2) is 9.22. The third-order valence-corrected chi connectivity index (χ3v) is 8.01. The molecule has 0 aliphatic carbocycles. The van der Waals surface area contributed by atoms with Gasteiger partial charge in [-0.25, -0.2) is 8.42 Å². The van der Waals surface area contributed by atoms with Gasteiger partial charge in [-0.1, -0.05) is 29.3 Å². The summed E-state index contributed by atoms with van der Waals surface area (Å²) in [5, 5.41) is 20.6. The second-order valence-corrected chi connectivity index (χ2v) is 10.2. The van der Waals surface area contributed by atoms with Crippen LogP contribution in [0, 0.1) is 17.0 Å². The van der Waals surface area contributed by atoms with Crippen LogP contribution in [0.25, 0.3) is 11.3 Å². The molecule has 1 aliphatic rings. The normalized spacial score (nSPS) is 14.9. The van der Waals surface area contributed by atoms with Crippen LogP contribution in [0.4, 0.5) is 11.5 Å². The first kappa shape index (κ1) is 23.4. The van der Waals surface area contributed by atoms with E-state index in [2.05, 4.69) is 10.2 Å². The number of benzene rings is 2. The molecule has 12 heteroatoms. The summed E-state index contributed by atoms with van der Waals surface area (Å²) in [6.07, 6.45) is 0. The molecule has 0 radical (unpaired) electrons. The minimum atomic E-state index is -3.86. The predicted molar refractivity (Wildman–Crippen MR) is 126 cm³/mol. The fourth-order valence-electron chi connectivity index (χ4n) is 3.61. The maximum atomic E-state index is 13.1. The number of aromatic nitrogens is 2. The fourth-order valence-corrected chi connectivity index (χ4v) is 5.78. The quantitative estimate of drug-likeness (QED) is 0.376. The van der Waals surface area contributed by atoms with Crippen LogP contribution in [-0.4, -0.2) is 54.0 Å². The van der Waals surface area contributed by atoms with Crippen LogP contribution in [0.3, 0.4) is 0 Å². The molecule has 2 aromatic carbocycles. The first-order chi connectivity index (χ1) is 15.7. The van der Waals surface area contributed by atoms with Crippen molar-refractivity contribution in [1.29, 1.82) is 0 Å². The SMILES string of the molecule is Cc1ccc([N+](=O)[O-])cc1S(=O)(=O)N1CCN(c2ccc(-c3ccc(Cl)cc3Cl)nn2)CC1. The van der Waals surface area contributed by atoms with Crippen LogP contribution in [0.2, 0.25) is 10.0 Å². The van der Waals surface area contributed by atoms with Gasteiger partial charge in [0.2, 0.25) is 10.0 Å². The number of aryl methyl sites for hydroxylation is 1. The van der Waals surface area contributed by atoms with Crippen molar-refractivity contribution in [3.05, 3.63) is 74.3 Å². The van der Waals surface area contributed by atoms with Crippen molar-refractivity contribution < 1.29 is 13.3 Å². The molecule has 9 nitrogen and oxygen atoms in total. The Morgan fingerprint density at radius 1 is 0.970 bits per heavy atom. The van der Waals surface area contributed by atoms with E-state index in [-0.39, 0.29) is 23.7 Å². The number of sulfonamides is 1. The summed E-state index contributed by atoms with van der Waals surface area (Å²) in [6, 6.07) is 12.6. The second-order valence-electron chi connectivity index (χ2n) is 7.50. The molecule has 1 saturated heterocycles. The van der Waals surface area contributed by atoms with E-state index >= 15 is 0 Å². The zero-order valence-electron chi connectivity index (χ0n) is 17.5. The number of nitrogens with zero attached hydrogens (tertiary/aromatic N) is 5. The zero-order chi connectivity index (χ0) is 23.8. The number of nitro benzene ring substituents is 1. The lowest BCUT2D eigenvalue weighted by Crippen LogP contribution is -2.49. The molecule has 0 saturated carbocycles. The van der Waals surface area contributed by atoms with Gasteiger partial charge < -0.3 is 4.90 Å². The van der Waals surface area contributed by atoms with E-state index in [1.54, 1.807) is 31.2 Å². The lowest BCUT2D eigenvalue weighted by atomic mass is 10.1. The highest BCUT2D eigenvalue weighted by Gasteiger charge is 2.31. The fraction of sp³-hybridized carbons (Fsp3) is 0.238. The van der Waals surface area contributed by atoms with Crippen LogP contribution >= 0.6 is 23.2 Å². The Morgan fingerprint density at radius 3 is 2.30 bits per heavy atom. The van der Waals surface area contributed by atoms with Crippen molar-refractivity contribution in [3.8, 4) is 11.3 Å². The Morgan fingerprint density at radius 2 is 1.70 bits per heavy atom. The van der Waals surface area contributed by atoms with Gasteiger partial charge in [0.15, 0.2) is 5.82 Å². The molecule has 0 bridgehead atoms. The highest BCUT2D eigenvalue weighted by atomic mass is 35.5. The van der Waals surface area contributed by atoms with Crippen molar-refractivity contribution in [1.82, 2.24) is 14.5 Å². The Labute approximate surface area is 200 Å². The summed E-state index contributed by atoms with van der Waals surface area (Å²) in [5.41, 5.74) is 1.52. The van der Waals surface area contributed by atoms with E-state index in [0.29, 0.717) is 45.8 Å². The first-order valence-electron chi connectivity index (χ1n) is 9.96. The minimum absolute atomic E-state index is 0.0471. The predicted octanol–water partition coefficient (Wildman–Crippen LogP) is 4.18. The number of piperazine rings is 1. The first-order valence-corrected chi connectivity index (χ1v) is 12.2. The Bertz CT molecular complexity index is 1310. The number of nitro groups is 1.